The molecule has 4 aromatic rings. The van der Waals surface area contributed by atoms with Gasteiger partial charge in [0.15, 0.2) is 16.9 Å². The molecule has 4 rings (SSSR count). The summed E-state index contributed by atoms with van der Waals surface area (Å²) in [5.41, 5.74) is 8.13. The zero-order chi connectivity index (χ0) is 15.8. The number of benzene rings is 1. The molecular weight excluding hydrogens is 299 g/mol. The molecule has 7 nitrogen and oxygen atoms in total. The lowest BCUT2D eigenvalue weighted by molar-refractivity contribution is 0.580. The molecule has 0 aliphatic carbocycles. The van der Waals surface area contributed by atoms with Gasteiger partial charge in [0.2, 0.25) is 0 Å². The summed E-state index contributed by atoms with van der Waals surface area (Å²) >= 11 is 0. The van der Waals surface area contributed by atoms with E-state index in [4.69, 9.17) is 10.2 Å². The van der Waals surface area contributed by atoms with E-state index in [2.05, 4.69) is 20.3 Å². The van der Waals surface area contributed by atoms with Crippen LogP contribution in [0.15, 0.2) is 47.3 Å². The van der Waals surface area contributed by atoms with E-state index in [-0.39, 0.29) is 12.4 Å². The largest absolute Gasteiger partial charge is 0.463 e. The quantitative estimate of drug-likeness (QED) is 0.583. The molecule has 0 saturated carbocycles. The number of nitrogens with two attached hydrogens (primary N) is 1. The van der Waals surface area contributed by atoms with Gasteiger partial charge in [-0.1, -0.05) is 5.21 Å². The summed E-state index contributed by atoms with van der Waals surface area (Å²) < 4.78 is 20.7. The van der Waals surface area contributed by atoms with E-state index >= 15 is 0 Å². The number of halogens is 1. The predicted octanol–water partition coefficient (Wildman–Crippen LogP) is 2.25. The summed E-state index contributed by atoms with van der Waals surface area (Å²) in [6.07, 6.45) is 2.95. The van der Waals surface area contributed by atoms with E-state index in [0.29, 0.717) is 33.9 Å². The van der Waals surface area contributed by atoms with Crippen molar-refractivity contribution in [2.24, 2.45) is 0 Å². The van der Waals surface area contributed by atoms with Crippen molar-refractivity contribution in [1.82, 2.24) is 25.0 Å². The van der Waals surface area contributed by atoms with Crippen LogP contribution in [0, 0.1) is 5.82 Å². The fourth-order valence-electron chi connectivity index (χ4n) is 2.37. The van der Waals surface area contributed by atoms with Crippen LogP contribution in [0.3, 0.4) is 0 Å². The van der Waals surface area contributed by atoms with Crippen LogP contribution >= 0.6 is 0 Å². The zero-order valence-electron chi connectivity index (χ0n) is 11.8. The van der Waals surface area contributed by atoms with Crippen molar-refractivity contribution in [2.75, 3.05) is 5.73 Å². The molecule has 0 amide bonds. The Morgan fingerprint density at radius 3 is 2.96 bits per heavy atom. The maximum Gasteiger partial charge on any atom is 0.182 e. The highest BCUT2D eigenvalue weighted by Crippen LogP contribution is 2.24. The van der Waals surface area contributed by atoms with Crippen LogP contribution in [0.5, 0.6) is 0 Å². The number of nitrogen functional groups attached to an aromatic ring is 1. The number of nitrogens with zero attached hydrogens (tertiary/aromatic N) is 5. The summed E-state index contributed by atoms with van der Waals surface area (Å²) in [5, 5.41) is 8.14. The first-order chi connectivity index (χ1) is 11.2. The molecule has 0 saturated heterocycles. The molecular formula is C15H11FN6O. The topological polar surface area (TPSA) is 95.7 Å². The molecule has 3 aromatic heterocycles. The first kappa shape index (κ1) is 13.4. The van der Waals surface area contributed by atoms with E-state index in [1.165, 1.54) is 23.1 Å². The average Bonchev–Trinajstić information content (AvgIpc) is 3.21. The van der Waals surface area contributed by atoms with Crippen LogP contribution in [0.4, 0.5) is 10.1 Å². The predicted molar refractivity (Wildman–Crippen MR) is 80.7 cm³/mol. The van der Waals surface area contributed by atoms with E-state index in [1.807, 2.05) is 0 Å². The molecule has 0 radical (unpaired) electrons. The summed E-state index contributed by atoms with van der Waals surface area (Å²) in [5.74, 6) is 0.211. The van der Waals surface area contributed by atoms with Crippen LogP contribution in [-0.2, 0) is 6.54 Å². The minimum atomic E-state index is -0.358. The average molecular weight is 310 g/mol. The van der Waals surface area contributed by atoms with Crippen LogP contribution in [0.2, 0.25) is 0 Å². The lowest BCUT2D eigenvalue weighted by Crippen LogP contribution is -2.05. The Morgan fingerprint density at radius 2 is 2.13 bits per heavy atom. The Morgan fingerprint density at radius 1 is 1.22 bits per heavy atom. The van der Waals surface area contributed by atoms with Crippen molar-refractivity contribution >= 4 is 16.9 Å². The SMILES string of the molecule is Nc1ccc(F)c(Cn2nnc3c(-c4ccco4)ncnc32)c1. The number of anilines is 1. The number of fused-ring (bicyclic) bond motifs is 1. The summed E-state index contributed by atoms with van der Waals surface area (Å²) in [6.45, 7) is 0.169. The molecule has 2 N–H and O–H groups in total. The molecule has 0 atom stereocenters. The molecule has 0 aliphatic heterocycles. The first-order valence-electron chi connectivity index (χ1n) is 6.84. The normalized spacial score (nSPS) is 11.2. The molecule has 0 spiro atoms. The maximum absolute atomic E-state index is 13.9. The van der Waals surface area contributed by atoms with E-state index in [9.17, 15) is 4.39 Å². The standard InChI is InChI=1S/C15H11FN6O/c16-11-4-3-10(17)6-9(11)7-22-15-14(20-21-22)13(18-8-19-15)12-2-1-5-23-12/h1-6,8H,7,17H2. The van der Waals surface area contributed by atoms with Crippen LogP contribution < -0.4 is 5.73 Å². The smallest absolute Gasteiger partial charge is 0.182 e. The second-order valence-electron chi connectivity index (χ2n) is 4.97. The minimum absolute atomic E-state index is 0.169. The Kier molecular flexibility index (Phi) is 3.00. The highest BCUT2D eigenvalue weighted by molar-refractivity contribution is 5.84. The molecule has 0 bridgehead atoms. The van der Waals surface area contributed by atoms with Crippen LogP contribution in [0.1, 0.15) is 5.56 Å². The molecule has 23 heavy (non-hydrogen) atoms. The van der Waals surface area contributed by atoms with E-state index < -0.39 is 0 Å². The molecule has 1 aromatic carbocycles. The van der Waals surface area contributed by atoms with Gasteiger partial charge in [-0.3, -0.25) is 0 Å². The third kappa shape index (κ3) is 2.30. The number of hydrogen-bond acceptors (Lipinski definition) is 6. The van der Waals surface area contributed by atoms with Gasteiger partial charge in [-0.05, 0) is 30.3 Å². The number of furan rings is 1. The Labute approximate surface area is 129 Å². The number of rotatable bonds is 3. The van der Waals surface area contributed by atoms with Gasteiger partial charge in [0.05, 0.1) is 12.8 Å². The maximum atomic E-state index is 13.9. The van der Waals surface area contributed by atoms with Gasteiger partial charge in [-0.2, -0.15) is 0 Å². The Bertz CT molecular complexity index is 979. The van der Waals surface area contributed by atoms with Gasteiger partial charge in [0, 0.05) is 11.3 Å². The van der Waals surface area contributed by atoms with Crippen molar-refractivity contribution < 1.29 is 8.81 Å². The molecule has 0 unspecified atom stereocenters. The first-order valence-corrected chi connectivity index (χ1v) is 6.84. The lowest BCUT2D eigenvalue weighted by atomic mass is 10.2. The fourth-order valence-corrected chi connectivity index (χ4v) is 2.37. The zero-order valence-corrected chi connectivity index (χ0v) is 11.8. The molecule has 0 fully saturated rings. The van der Waals surface area contributed by atoms with Gasteiger partial charge in [0.25, 0.3) is 0 Å². The second-order valence-corrected chi connectivity index (χ2v) is 4.97. The van der Waals surface area contributed by atoms with Crippen LogP contribution in [-0.4, -0.2) is 25.0 Å². The van der Waals surface area contributed by atoms with E-state index in [0.717, 1.165) is 0 Å². The summed E-state index contributed by atoms with van der Waals surface area (Å²) in [4.78, 5) is 8.38. The van der Waals surface area contributed by atoms with Gasteiger partial charge >= 0.3 is 0 Å². The number of hydrogen-bond donors (Lipinski definition) is 1. The van der Waals surface area contributed by atoms with Gasteiger partial charge < -0.3 is 10.2 Å². The van der Waals surface area contributed by atoms with E-state index in [1.54, 1.807) is 24.5 Å². The Hall–Kier alpha value is -3.29. The number of aromatic nitrogens is 5. The van der Waals surface area contributed by atoms with Crippen molar-refractivity contribution in [3.05, 3.63) is 54.3 Å². The van der Waals surface area contributed by atoms with Gasteiger partial charge in [0.1, 0.15) is 17.8 Å². The second kappa shape index (κ2) is 5.16. The molecule has 3 heterocycles. The minimum Gasteiger partial charge on any atom is -0.463 e. The molecule has 8 heteroatoms. The summed E-state index contributed by atoms with van der Waals surface area (Å²) in [7, 11) is 0. The van der Waals surface area contributed by atoms with Crippen molar-refractivity contribution in [2.45, 2.75) is 6.54 Å². The van der Waals surface area contributed by atoms with Crippen molar-refractivity contribution in [3.8, 4) is 11.5 Å². The van der Waals surface area contributed by atoms with Gasteiger partial charge in [-0.15, -0.1) is 5.10 Å². The third-order valence-electron chi connectivity index (χ3n) is 3.44. The monoisotopic (exact) mass is 310 g/mol. The molecule has 0 aliphatic rings. The third-order valence-corrected chi connectivity index (χ3v) is 3.44. The van der Waals surface area contributed by atoms with Crippen molar-refractivity contribution in [3.63, 3.8) is 0 Å². The van der Waals surface area contributed by atoms with Gasteiger partial charge in [-0.25, -0.2) is 19.0 Å². The van der Waals surface area contributed by atoms with Crippen molar-refractivity contribution in [1.29, 1.82) is 0 Å². The lowest BCUT2D eigenvalue weighted by Gasteiger charge is -2.05. The van der Waals surface area contributed by atoms with Crippen LogP contribution in [0.25, 0.3) is 22.6 Å². The molecule has 114 valence electrons. The summed E-state index contributed by atoms with van der Waals surface area (Å²) in [6, 6.07) is 7.94. The highest BCUT2D eigenvalue weighted by atomic mass is 19.1. The highest BCUT2D eigenvalue weighted by Gasteiger charge is 2.16. The fraction of sp³-hybridized carbons (Fsp3) is 0.0667. The Balaban J connectivity index is 1.80.